The summed E-state index contributed by atoms with van der Waals surface area (Å²) in [6, 6.07) is 16.0. The molecule has 0 atom stereocenters. The van der Waals surface area contributed by atoms with E-state index in [4.69, 9.17) is 21.1 Å². The van der Waals surface area contributed by atoms with Crippen molar-refractivity contribution in [1.82, 2.24) is 0 Å². The average Bonchev–Trinajstić information content (AvgIpc) is 2.74. The van der Waals surface area contributed by atoms with Gasteiger partial charge in [-0.1, -0.05) is 23.7 Å². The van der Waals surface area contributed by atoms with Crippen molar-refractivity contribution in [3.63, 3.8) is 0 Å². The second-order valence-electron chi connectivity index (χ2n) is 6.23. The van der Waals surface area contributed by atoms with Crippen LogP contribution in [0.5, 0.6) is 11.5 Å². The number of hydrogen-bond acceptors (Lipinski definition) is 6. The van der Waals surface area contributed by atoms with Crippen LogP contribution in [0.1, 0.15) is 0 Å². The van der Waals surface area contributed by atoms with E-state index in [0.29, 0.717) is 11.4 Å². The van der Waals surface area contributed by atoms with Gasteiger partial charge < -0.3 is 9.47 Å². The number of methoxy groups -OCH3 is 2. The van der Waals surface area contributed by atoms with Crippen LogP contribution in [0.25, 0.3) is 0 Å². The van der Waals surface area contributed by atoms with E-state index in [0.717, 1.165) is 0 Å². The van der Waals surface area contributed by atoms with Gasteiger partial charge in [0, 0.05) is 5.69 Å². The van der Waals surface area contributed by atoms with Gasteiger partial charge in [-0.3, -0.25) is 9.44 Å². The molecule has 11 heteroatoms. The summed E-state index contributed by atoms with van der Waals surface area (Å²) in [6.07, 6.45) is 0. The SMILES string of the molecule is COc1ccc(NS(=O)(=O)c2ccc(OC)c(NS(=O)(=O)c3ccccc3Cl)c2)cc1. The molecule has 8 nitrogen and oxygen atoms in total. The lowest BCUT2D eigenvalue weighted by molar-refractivity contribution is 0.415. The third-order valence-corrected chi connectivity index (χ3v) is 7.44. The monoisotopic (exact) mass is 482 g/mol. The van der Waals surface area contributed by atoms with Gasteiger partial charge in [-0.15, -0.1) is 0 Å². The van der Waals surface area contributed by atoms with E-state index in [1.807, 2.05) is 0 Å². The van der Waals surface area contributed by atoms with Gasteiger partial charge in [0.1, 0.15) is 16.4 Å². The molecule has 0 aliphatic rings. The molecule has 0 bridgehead atoms. The number of rotatable bonds is 8. The minimum Gasteiger partial charge on any atom is -0.497 e. The van der Waals surface area contributed by atoms with E-state index < -0.39 is 20.0 Å². The van der Waals surface area contributed by atoms with Gasteiger partial charge >= 0.3 is 0 Å². The molecule has 0 fully saturated rings. The number of hydrogen-bond donors (Lipinski definition) is 2. The van der Waals surface area contributed by atoms with Crippen molar-refractivity contribution in [2.24, 2.45) is 0 Å². The zero-order valence-electron chi connectivity index (χ0n) is 16.5. The van der Waals surface area contributed by atoms with E-state index in [1.54, 1.807) is 30.3 Å². The van der Waals surface area contributed by atoms with Crippen LogP contribution in [-0.4, -0.2) is 31.1 Å². The molecule has 0 unspecified atom stereocenters. The normalized spacial score (nSPS) is 11.6. The van der Waals surface area contributed by atoms with Crippen LogP contribution in [0.4, 0.5) is 11.4 Å². The Morgan fingerprint density at radius 1 is 0.774 bits per heavy atom. The number of ether oxygens (including phenoxy) is 2. The summed E-state index contributed by atoms with van der Waals surface area (Å²) in [6.45, 7) is 0. The molecule has 164 valence electrons. The first kappa shape index (κ1) is 22.7. The van der Waals surface area contributed by atoms with Crippen molar-refractivity contribution in [2.75, 3.05) is 23.7 Å². The number of sulfonamides is 2. The quantitative estimate of drug-likeness (QED) is 0.502. The molecule has 0 aromatic heterocycles. The lowest BCUT2D eigenvalue weighted by Crippen LogP contribution is -2.16. The largest absolute Gasteiger partial charge is 0.497 e. The second-order valence-corrected chi connectivity index (χ2v) is 9.97. The predicted octanol–water partition coefficient (Wildman–Crippen LogP) is 3.96. The molecule has 3 aromatic carbocycles. The highest BCUT2D eigenvalue weighted by Gasteiger charge is 2.22. The lowest BCUT2D eigenvalue weighted by atomic mass is 10.3. The second kappa shape index (κ2) is 9.04. The molecule has 0 spiro atoms. The maximum Gasteiger partial charge on any atom is 0.263 e. The van der Waals surface area contributed by atoms with Gasteiger partial charge in [-0.25, -0.2) is 16.8 Å². The Labute approximate surface area is 185 Å². The minimum atomic E-state index is -4.10. The van der Waals surface area contributed by atoms with E-state index in [2.05, 4.69) is 9.44 Å². The van der Waals surface area contributed by atoms with Crippen molar-refractivity contribution < 1.29 is 26.3 Å². The molecule has 0 radical (unpaired) electrons. The summed E-state index contributed by atoms with van der Waals surface area (Å²) < 4.78 is 66.2. The number of nitrogens with one attached hydrogen (secondary N) is 2. The summed E-state index contributed by atoms with van der Waals surface area (Å²) in [5.41, 5.74) is 0.259. The first-order valence-electron chi connectivity index (χ1n) is 8.78. The standard InChI is InChI=1S/C20H19ClN2O6S2/c1-28-15-9-7-14(8-10-15)22-30(24,25)16-11-12-19(29-2)18(13-16)23-31(26,27)20-6-4-3-5-17(20)21/h3-13,22-23H,1-2H3. The van der Waals surface area contributed by atoms with Crippen molar-refractivity contribution in [3.05, 3.63) is 71.8 Å². The van der Waals surface area contributed by atoms with Crippen LogP contribution in [0.3, 0.4) is 0 Å². The maximum absolute atomic E-state index is 12.8. The molecule has 0 saturated carbocycles. The zero-order valence-corrected chi connectivity index (χ0v) is 18.9. The van der Waals surface area contributed by atoms with Gasteiger partial charge in [0.15, 0.2) is 0 Å². The molecule has 3 aromatic rings. The Kier molecular flexibility index (Phi) is 6.63. The smallest absolute Gasteiger partial charge is 0.263 e. The van der Waals surface area contributed by atoms with Crippen LogP contribution in [0.2, 0.25) is 5.02 Å². The third kappa shape index (κ3) is 5.22. The summed E-state index contributed by atoms with van der Waals surface area (Å²) in [4.78, 5) is -0.315. The fraction of sp³-hybridized carbons (Fsp3) is 0.100. The molecule has 0 saturated heterocycles. The predicted molar refractivity (Wildman–Crippen MR) is 119 cm³/mol. The molecule has 0 heterocycles. The zero-order chi connectivity index (χ0) is 22.6. The Hall–Kier alpha value is -2.95. The molecule has 0 aliphatic carbocycles. The fourth-order valence-electron chi connectivity index (χ4n) is 2.67. The first-order valence-corrected chi connectivity index (χ1v) is 12.1. The number of anilines is 2. The van der Waals surface area contributed by atoms with Gasteiger partial charge in [0.25, 0.3) is 20.0 Å². The Balaban J connectivity index is 1.95. The van der Waals surface area contributed by atoms with Crippen molar-refractivity contribution >= 4 is 43.0 Å². The highest BCUT2D eigenvalue weighted by atomic mass is 35.5. The van der Waals surface area contributed by atoms with Crippen molar-refractivity contribution in [2.45, 2.75) is 9.79 Å². The molecule has 0 amide bonds. The van der Waals surface area contributed by atoms with Crippen LogP contribution in [0.15, 0.2) is 76.5 Å². The maximum atomic E-state index is 12.8. The molecule has 2 N–H and O–H groups in total. The summed E-state index contributed by atoms with van der Waals surface area (Å²) in [5.74, 6) is 0.711. The Morgan fingerprint density at radius 3 is 2.06 bits per heavy atom. The number of halogens is 1. The van der Waals surface area contributed by atoms with Gasteiger partial charge in [-0.2, -0.15) is 0 Å². The topological polar surface area (TPSA) is 111 Å². The van der Waals surface area contributed by atoms with Gasteiger partial charge in [0.05, 0.1) is 29.8 Å². The van der Waals surface area contributed by atoms with E-state index in [9.17, 15) is 16.8 Å². The van der Waals surface area contributed by atoms with E-state index in [-0.39, 0.29) is 26.3 Å². The average molecular weight is 483 g/mol. The molecule has 31 heavy (non-hydrogen) atoms. The van der Waals surface area contributed by atoms with Gasteiger partial charge in [-0.05, 0) is 54.6 Å². The van der Waals surface area contributed by atoms with Crippen LogP contribution >= 0.6 is 11.6 Å². The highest BCUT2D eigenvalue weighted by Crippen LogP contribution is 2.32. The van der Waals surface area contributed by atoms with Crippen LogP contribution in [-0.2, 0) is 20.0 Å². The van der Waals surface area contributed by atoms with Crippen LogP contribution < -0.4 is 18.9 Å². The van der Waals surface area contributed by atoms with Gasteiger partial charge in [0.2, 0.25) is 0 Å². The number of benzene rings is 3. The molecular weight excluding hydrogens is 464 g/mol. The first-order chi connectivity index (χ1) is 14.7. The van der Waals surface area contributed by atoms with Crippen LogP contribution in [0, 0.1) is 0 Å². The highest BCUT2D eigenvalue weighted by molar-refractivity contribution is 7.93. The fourth-order valence-corrected chi connectivity index (χ4v) is 5.34. The Bertz CT molecular complexity index is 1290. The molecule has 0 aliphatic heterocycles. The lowest BCUT2D eigenvalue weighted by Gasteiger charge is -2.15. The molecular formula is C20H19ClN2O6S2. The summed E-state index contributed by atoms with van der Waals surface area (Å²) >= 11 is 6.00. The third-order valence-electron chi connectivity index (χ3n) is 4.19. The van der Waals surface area contributed by atoms with E-state index >= 15 is 0 Å². The van der Waals surface area contributed by atoms with E-state index in [1.165, 1.54) is 50.6 Å². The van der Waals surface area contributed by atoms with Crippen molar-refractivity contribution in [1.29, 1.82) is 0 Å². The van der Waals surface area contributed by atoms with Crippen molar-refractivity contribution in [3.8, 4) is 11.5 Å². The molecule has 3 rings (SSSR count). The minimum absolute atomic E-state index is 0.0268. The summed E-state index contributed by atoms with van der Waals surface area (Å²) in [5, 5.41) is 0.0268. The Morgan fingerprint density at radius 2 is 1.45 bits per heavy atom. The summed E-state index contributed by atoms with van der Waals surface area (Å²) in [7, 11) is -5.27.